The minimum Gasteiger partial charge on any atom is -0.316 e. The van der Waals surface area contributed by atoms with Crippen LogP contribution in [-0.4, -0.2) is 38.1 Å². The summed E-state index contributed by atoms with van der Waals surface area (Å²) in [5, 5.41) is 3.67. The van der Waals surface area contributed by atoms with Gasteiger partial charge >= 0.3 is 0 Å². The van der Waals surface area contributed by atoms with Gasteiger partial charge in [-0.25, -0.2) is 0 Å². The van der Waals surface area contributed by atoms with Gasteiger partial charge in [-0.2, -0.15) is 0 Å². The number of hydrogen-bond acceptors (Lipinski definition) is 2. The van der Waals surface area contributed by atoms with Gasteiger partial charge in [-0.15, -0.1) is 0 Å². The van der Waals surface area contributed by atoms with Crippen LogP contribution in [0.5, 0.6) is 0 Å². The number of nitrogens with one attached hydrogen (secondary N) is 1. The summed E-state index contributed by atoms with van der Waals surface area (Å²) in [4.78, 5) is 2.58. The van der Waals surface area contributed by atoms with Crippen LogP contribution in [0.3, 0.4) is 0 Å². The summed E-state index contributed by atoms with van der Waals surface area (Å²) in [5.41, 5.74) is 0.433. The molecule has 0 bridgehead atoms. The Bertz CT molecular complexity index is 235. The van der Waals surface area contributed by atoms with E-state index in [-0.39, 0.29) is 0 Å². The predicted molar refractivity (Wildman–Crippen MR) is 85.6 cm³/mol. The van der Waals surface area contributed by atoms with Gasteiger partial charge in [-0.1, -0.05) is 40.5 Å². The maximum atomic E-state index is 3.67. The first kappa shape index (κ1) is 17.0. The van der Waals surface area contributed by atoms with Gasteiger partial charge in [-0.3, -0.25) is 0 Å². The van der Waals surface area contributed by atoms with Crippen molar-refractivity contribution in [3.8, 4) is 0 Å². The highest BCUT2D eigenvalue weighted by Gasteiger charge is 2.27. The van der Waals surface area contributed by atoms with Crippen molar-refractivity contribution >= 4 is 0 Å². The van der Waals surface area contributed by atoms with Gasteiger partial charge in [-0.05, 0) is 50.1 Å². The first-order valence-corrected chi connectivity index (χ1v) is 8.34. The van der Waals surface area contributed by atoms with E-state index in [2.05, 4.69) is 45.0 Å². The molecule has 1 aliphatic carbocycles. The lowest BCUT2D eigenvalue weighted by atomic mass is 9.82. The highest BCUT2D eigenvalue weighted by atomic mass is 15.1. The Labute approximate surface area is 121 Å². The van der Waals surface area contributed by atoms with Crippen LogP contribution in [0.2, 0.25) is 0 Å². The number of nitrogens with zero attached hydrogens (tertiary/aromatic N) is 1. The lowest BCUT2D eigenvalue weighted by molar-refractivity contribution is 0.134. The van der Waals surface area contributed by atoms with E-state index in [1.807, 2.05) is 0 Å². The largest absolute Gasteiger partial charge is 0.316 e. The van der Waals surface area contributed by atoms with E-state index in [1.165, 1.54) is 45.2 Å². The summed E-state index contributed by atoms with van der Waals surface area (Å²) >= 11 is 0. The maximum absolute atomic E-state index is 3.67. The molecule has 1 N–H and O–H groups in total. The second-order valence-electron chi connectivity index (χ2n) is 7.58. The van der Waals surface area contributed by atoms with Gasteiger partial charge in [0.1, 0.15) is 0 Å². The summed E-state index contributed by atoms with van der Waals surface area (Å²) in [7, 11) is 2.31. The summed E-state index contributed by atoms with van der Waals surface area (Å²) in [5.74, 6) is 1.73. The lowest BCUT2D eigenvalue weighted by Gasteiger charge is -2.37. The summed E-state index contributed by atoms with van der Waals surface area (Å²) in [6.07, 6.45) is 6.99. The van der Waals surface area contributed by atoms with Gasteiger partial charge < -0.3 is 10.2 Å². The first-order valence-electron chi connectivity index (χ1n) is 8.34. The minimum absolute atomic E-state index is 0.433. The van der Waals surface area contributed by atoms with E-state index in [0.717, 1.165) is 24.9 Å². The molecule has 1 fully saturated rings. The molecule has 1 saturated carbocycles. The molecule has 1 aliphatic rings. The number of hydrogen-bond donors (Lipinski definition) is 1. The normalized spacial score (nSPS) is 19.7. The van der Waals surface area contributed by atoms with Gasteiger partial charge in [0.2, 0.25) is 0 Å². The Morgan fingerprint density at radius 3 is 2.47 bits per heavy atom. The fourth-order valence-electron chi connectivity index (χ4n) is 3.32. The maximum Gasteiger partial charge on any atom is 0.00445 e. The molecule has 19 heavy (non-hydrogen) atoms. The van der Waals surface area contributed by atoms with Crippen molar-refractivity contribution in [3.63, 3.8) is 0 Å². The topological polar surface area (TPSA) is 15.3 Å². The summed E-state index contributed by atoms with van der Waals surface area (Å²) in [6, 6.07) is 0. The van der Waals surface area contributed by atoms with E-state index in [0.29, 0.717) is 5.41 Å². The molecule has 1 rings (SSSR count). The highest BCUT2D eigenvalue weighted by Crippen LogP contribution is 2.29. The zero-order chi connectivity index (χ0) is 14.3. The molecule has 1 unspecified atom stereocenters. The molecule has 0 aliphatic heterocycles. The molecule has 114 valence electrons. The third-order valence-corrected chi connectivity index (χ3v) is 4.40. The van der Waals surface area contributed by atoms with Crippen LogP contribution in [0.4, 0.5) is 0 Å². The van der Waals surface area contributed by atoms with Crippen LogP contribution in [-0.2, 0) is 0 Å². The second-order valence-corrected chi connectivity index (χ2v) is 7.58. The van der Waals surface area contributed by atoms with Crippen molar-refractivity contribution in [1.29, 1.82) is 0 Å². The fourth-order valence-corrected chi connectivity index (χ4v) is 3.32. The average molecular weight is 268 g/mol. The van der Waals surface area contributed by atoms with Gasteiger partial charge in [0.05, 0.1) is 0 Å². The number of rotatable bonds is 10. The average Bonchev–Trinajstić information content (AvgIpc) is 2.23. The van der Waals surface area contributed by atoms with Crippen LogP contribution in [0.1, 0.15) is 59.8 Å². The second kappa shape index (κ2) is 8.26. The summed E-state index contributed by atoms with van der Waals surface area (Å²) < 4.78 is 0. The molecular formula is C17H36N2. The zero-order valence-electron chi connectivity index (χ0n) is 14.0. The Morgan fingerprint density at radius 2 is 2.00 bits per heavy atom. The van der Waals surface area contributed by atoms with Gasteiger partial charge in [0.15, 0.2) is 0 Å². The molecule has 2 heteroatoms. The third kappa shape index (κ3) is 6.76. The van der Waals surface area contributed by atoms with Crippen LogP contribution in [0, 0.1) is 17.3 Å². The van der Waals surface area contributed by atoms with E-state index in [1.54, 1.807) is 0 Å². The zero-order valence-corrected chi connectivity index (χ0v) is 14.0. The molecule has 2 nitrogen and oxygen atoms in total. The quantitative estimate of drug-likeness (QED) is 0.649. The Morgan fingerprint density at radius 1 is 1.32 bits per heavy atom. The van der Waals surface area contributed by atoms with Crippen molar-refractivity contribution in [2.75, 3.05) is 33.2 Å². The van der Waals surface area contributed by atoms with E-state index in [4.69, 9.17) is 0 Å². The van der Waals surface area contributed by atoms with Crippen molar-refractivity contribution in [1.82, 2.24) is 10.2 Å². The Kier molecular flexibility index (Phi) is 7.38. The molecule has 0 aromatic rings. The standard InChI is InChI=1S/C17H36N2/c1-6-10-17(4,13-18-11-15(2)3)14-19(5)12-16-8-7-9-16/h15-16,18H,6-14H2,1-5H3. The monoisotopic (exact) mass is 268 g/mol. The van der Waals surface area contributed by atoms with Crippen LogP contribution in [0.25, 0.3) is 0 Å². The Balaban J connectivity index is 2.34. The van der Waals surface area contributed by atoms with Crippen LogP contribution in [0.15, 0.2) is 0 Å². The molecule has 1 atom stereocenters. The molecule has 0 radical (unpaired) electrons. The highest BCUT2D eigenvalue weighted by molar-refractivity contribution is 4.82. The van der Waals surface area contributed by atoms with Gasteiger partial charge in [0, 0.05) is 19.6 Å². The van der Waals surface area contributed by atoms with E-state index in [9.17, 15) is 0 Å². The van der Waals surface area contributed by atoms with Crippen molar-refractivity contribution in [2.45, 2.75) is 59.8 Å². The Hall–Kier alpha value is -0.0800. The molecule has 0 spiro atoms. The van der Waals surface area contributed by atoms with E-state index < -0.39 is 0 Å². The van der Waals surface area contributed by atoms with Crippen molar-refractivity contribution in [2.24, 2.45) is 17.3 Å². The van der Waals surface area contributed by atoms with Crippen molar-refractivity contribution in [3.05, 3.63) is 0 Å². The third-order valence-electron chi connectivity index (χ3n) is 4.40. The molecular weight excluding hydrogens is 232 g/mol. The SMILES string of the molecule is CCCC(C)(CNCC(C)C)CN(C)CC1CCC1. The van der Waals surface area contributed by atoms with Crippen LogP contribution >= 0.6 is 0 Å². The van der Waals surface area contributed by atoms with Gasteiger partial charge in [0.25, 0.3) is 0 Å². The summed E-state index contributed by atoms with van der Waals surface area (Å²) in [6.45, 7) is 14.2. The fraction of sp³-hybridized carbons (Fsp3) is 1.00. The molecule has 0 aromatic heterocycles. The smallest absolute Gasteiger partial charge is 0.00445 e. The van der Waals surface area contributed by atoms with Crippen LogP contribution < -0.4 is 5.32 Å². The molecule has 0 heterocycles. The molecule has 0 saturated heterocycles. The molecule has 0 aromatic carbocycles. The molecule has 0 amide bonds. The van der Waals surface area contributed by atoms with E-state index >= 15 is 0 Å². The first-order chi connectivity index (χ1) is 8.95. The van der Waals surface area contributed by atoms with Crippen molar-refractivity contribution < 1.29 is 0 Å². The predicted octanol–water partition coefficient (Wildman–Crippen LogP) is 3.77. The minimum atomic E-state index is 0.433. The lowest BCUT2D eigenvalue weighted by Crippen LogP contribution is -2.43.